The molecule has 0 saturated carbocycles. The van der Waals surface area contributed by atoms with Gasteiger partial charge in [0.05, 0.1) is 66.1 Å². The summed E-state index contributed by atoms with van der Waals surface area (Å²) in [5.41, 5.74) is 10.8. The van der Waals surface area contributed by atoms with Gasteiger partial charge in [0.25, 0.3) is 5.79 Å². The van der Waals surface area contributed by atoms with E-state index in [1.165, 1.54) is 0 Å². The highest BCUT2D eigenvalue weighted by Crippen LogP contribution is 2.62. The average Bonchev–Trinajstić information content (AvgIpc) is 0.751. The fourth-order valence-electron chi connectivity index (χ4n) is 13.7. The number of hydrogen-bond acceptors (Lipinski definition) is 54. The van der Waals surface area contributed by atoms with Crippen LogP contribution in [0.4, 0.5) is 0 Å². The van der Waals surface area contributed by atoms with Crippen molar-refractivity contribution in [2.75, 3.05) is 79.2 Å². The third-order valence-corrected chi connectivity index (χ3v) is 23.7. The number of hydrogen-bond donors (Lipinski definition) is 34. The van der Waals surface area contributed by atoms with Gasteiger partial charge in [-0.05, 0) is 0 Å². The summed E-state index contributed by atoms with van der Waals surface area (Å²) in [5.74, 6) is -6.30. The van der Waals surface area contributed by atoms with Crippen molar-refractivity contribution in [2.45, 2.75) is 276 Å². The van der Waals surface area contributed by atoms with Gasteiger partial charge in [0, 0.05) is 19.5 Å². The predicted octanol–water partition coefficient (Wildman–Crippen LogP) is -20.8. The van der Waals surface area contributed by atoms with Crippen molar-refractivity contribution >= 4 is 29.4 Å². The first-order valence-electron chi connectivity index (χ1n) is 36.2. The third-order valence-electron chi connectivity index (χ3n) is 20.0. The number of aliphatic hydroxyl groups is 28. The number of carbonyl (C=O) groups is 1. The Balaban J connectivity index is 1.32. The van der Waals surface area contributed by atoms with E-state index in [0.717, 1.165) is 0 Å². The lowest BCUT2D eigenvalue weighted by molar-refractivity contribution is -0.418. The maximum absolute atomic E-state index is 14.0. The number of carboxylic acids is 1. The first-order chi connectivity index (χ1) is 55.8. The summed E-state index contributed by atoms with van der Waals surface area (Å²) in [7, 11) is -18.2. The van der Waals surface area contributed by atoms with Crippen molar-refractivity contribution in [3.05, 3.63) is 0 Å². The molecule has 0 aromatic heterocycles. The normalized spacial score (nSPS) is 46.1. The van der Waals surface area contributed by atoms with Crippen LogP contribution >= 0.6 is 23.5 Å². The summed E-state index contributed by atoms with van der Waals surface area (Å²) in [6, 6.07) is 0. The van der Waals surface area contributed by atoms with Gasteiger partial charge in [-0.15, -0.1) is 0 Å². The number of phosphoric ester groups is 3. The molecule has 61 heteroatoms. The molecule has 36 N–H and O–H groups in total. The second-order valence-corrected chi connectivity index (χ2v) is 32.6. The highest BCUT2D eigenvalue weighted by atomic mass is 31.3. The van der Waals surface area contributed by atoms with Gasteiger partial charge in [-0.2, -0.15) is 4.31 Å². The van der Waals surface area contributed by atoms with Crippen LogP contribution in [0.25, 0.3) is 0 Å². The van der Waals surface area contributed by atoms with Gasteiger partial charge in [-0.3, -0.25) is 18.1 Å². The standard InChI is InChI=1S/C58H105N2O56P3/c59-1-3-98-117(91,92)115-47-38(86)41(15(69)7-62)106-56(49(47)112-54-37(85)29(77)31(79)40(105-54)14(68)6-61)110-46-39(87)55(108-44-17(114-119(95,96)116-118(93,94)99-4-2-60)5-58(90,57(88)89)113-42(44)16(70)8-63)109-45(21(12-67)103-52-35(83)27(75)24(72)19(10-65)101-52)48(46)111-53-36(84)28(76)25(73)22(104-53)13-97-50-33(81)30(78)32(80)43(107-50)20(11-66)102-51-34(82)26(74)23(71)18(9-64)100-51/h14-56,61-87,90H,1-13,59-60H2,(H,88,89)(H,91,92)(H,93,94)(H,95,96)/t14-,15-,16+,17+,18+,19+,20-,21-,22+,23-,24+,25+,26-,27-,28-,29-,30-,31-,32-,33-,34+,35+,36+,37-,38+,39-,40+,41+,42+,43+,44+,45+,46+,47-,48+,49-,50-,51-,52+,53-,54+,55-,56+,58+/m0/s1. The molecular weight excluding hydrogens is 1710 g/mol. The lowest BCUT2D eigenvalue weighted by Gasteiger charge is -2.53. The highest BCUT2D eigenvalue weighted by molar-refractivity contribution is 7.61. The van der Waals surface area contributed by atoms with Gasteiger partial charge in [0.2, 0.25) is 0 Å². The Bertz CT molecular complexity index is 3250. The summed E-state index contributed by atoms with van der Waals surface area (Å²) >= 11 is 0. The van der Waals surface area contributed by atoms with Crippen LogP contribution in [0.1, 0.15) is 6.42 Å². The lowest BCUT2D eigenvalue weighted by Crippen LogP contribution is -2.71. The molecule has 0 amide bonds. The smallest absolute Gasteiger partial charge is 0.477 e. The van der Waals surface area contributed by atoms with Crippen LogP contribution in [0, 0.1) is 0 Å². The molecule has 0 aromatic rings. The molecule has 8 rings (SSSR count). The van der Waals surface area contributed by atoms with Crippen LogP contribution < -0.4 is 11.5 Å². The molecule has 0 bridgehead atoms. The first kappa shape index (κ1) is 102. The van der Waals surface area contributed by atoms with E-state index in [9.17, 15) is 181 Å². The molecule has 8 aliphatic rings. The van der Waals surface area contributed by atoms with Crippen molar-refractivity contribution in [2.24, 2.45) is 11.5 Å². The molecular formula is C58H105N2O56P3. The van der Waals surface area contributed by atoms with Gasteiger partial charge in [-0.1, -0.05) is 0 Å². The maximum atomic E-state index is 14.0. The Kier molecular flexibility index (Phi) is 37.8. The quantitative estimate of drug-likeness (QED) is 0.0253. The second-order valence-electron chi connectivity index (χ2n) is 28.2. The fourth-order valence-corrected chi connectivity index (χ4v) is 16.9. The fraction of sp³-hybridized carbons (Fsp3) is 0.983. The number of carboxylic acid groups (broad SMARTS) is 1. The summed E-state index contributed by atoms with van der Waals surface area (Å²) in [4.78, 5) is 45.6. The molecule has 58 nitrogen and oxygen atoms in total. The van der Waals surface area contributed by atoms with E-state index in [1.54, 1.807) is 0 Å². The van der Waals surface area contributed by atoms with E-state index in [-0.39, 0.29) is 0 Å². The van der Waals surface area contributed by atoms with Crippen molar-refractivity contribution in [1.29, 1.82) is 0 Å². The topological polar surface area (TPSA) is 952 Å². The van der Waals surface area contributed by atoms with Crippen molar-refractivity contribution in [1.82, 2.24) is 0 Å². The van der Waals surface area contributed by atoms with Crippen molar-refractivity contribution in [3.63, 3.8) is 0 Å². The van der Waals surface area contributed by atoms with Gasteiger partial charge in [-0.25, -0.2) is 18.5 Å². The Morgan fingerprint density at radius 2 is 0.773 bits per heavy atom. The van der Waals surface area contributed by atoms with Gasteiger partial charge in [0.15, 0.2) is 44.0 Å². The maximum Gasteiger partial charge on any atom is 0.481 e. The monoisotopic (exact) mass is 1820 g/mol. The van der Waals surface area contributed by atoms with E-state index < -0.39 is 385 Å². The molecule has 47 atom stereocenters. The van der Waals surface area contributed by atoms with Gasteiger partial charge >= 0.3 is 29.4 Å². The number of nitrogens with two attached hydrogens (primary N) is 2. The molecule has 119 heavy (non-hydrogen) atoms. The third kappa shape index (κ3) is 23.9. The number of phosphoric acid groups is 3. The van der Waals surface area contributed by atoms with E-state index in [4.69, 9.17) is 96.1 Å². The SMILES string of the molecule is NCCOP(=O)(O)O[C@H]1[C@H](O)[C@@H]([C@@H](O)CO)O[C@H](O[C@@H]2[C@H](O)[C@@H](O[C@H]3[C@@H]([C@H](O)CO)O[C@@](O)(C(=O)O)C[C@H]3OP(=O)(O)OP(=O)(O)OCCN)O[C@H]([C@H](CO)O[C@H]3O[C@H](CO)[C@@H](O)[C@H](O)[C@H]3O)[C@H]2O[C@@H]2O[C@H](CO[C@H]3O[C@H]([C@H](CO)O[C@@H]4O[C@H](CO)[C@H](O)[C@H](O)[C@H]4O)[C@@H](O)[C@H](O)[C@@H]3O)[C@@H](O)[C@H](O)[C@H]2O)[C@H]1O[C@H]1O[C@H]([C@@H](O)CO)[C@@H](O)[C@H](O)[C@@H]1O. The Morgan fingerprint density at radius 3 is 1.27 bits per heavy atom. The average molecular weight is 1820 g/mol. The van der Waals surface area contributed by atoms with Crippen LogP contribution in [0.15, 0.2) is 0 Å². The molecule has 698 valence electrons. The van der Waals surface area contributed by atoms with Crippen molar-refractivity contribution in [3.8, 4) is 0 Å². The van der Waals surface area contributed by atoms with Crippen LogP contribution in [-0.4, -0.2) is 517 Å². The number of aliphatic hydroxyl groups excluding tert-OH is 27. The molecule has 0 radical (unpaired) electrons. The van der Waals surface area contributed by atoms with Gasteiger partial charge < -0.3 is 245 Å². The van der Waals surface area contributed by atoms with E-state index in [2.05, 4.69) is 8.83 Å². The van der Waals surface area contributed by atoms with Crippen LogP contribution in [0.5, 0.6) is 0 Å². The molecule has 8 fully saturated rings. The Labute approximate surface area is 669 Å². The number of rotatable bonds is 40. The molecule has 8 aliphatic heterocycles. The molecule has 3 unspecified atom stereocenters. The van der Waals surface area contributed by atoms with Crippen LogP contribution in [0.2, 0.25) is 0 Å². The minimum Gasteiger partial charge on any atom is -0.477 e. The molecule has 8 saturated heterocycles. The van der Waals surface area contributed by atoms with E-state index in [1.807, 2.05) is 0 Å². The summed E-state index contributed by atoms with van der Waals surface area (Å²) in [6.45, 7) is -14.1. The largest absolute Gasteiger partial charge is 0.481 e. The van der Waals surface area contributed by atoms with Crippen LogP contribution in [-0.2, 0) is 112 Å². The van der Waals surface area contributed by atoms with Gasteiger partial charge in [0.1, 0.15) is 220 Å². The van der Waals surface area contributed by atoms with Crippen molar-refractivity contribution < 1.29 is 275 Å². The summed E-state index contributed by atoms with van der Waals surface area (Å²) in [6.07, 6.45) is -111. The van der Waals surface area contributed by atoms with E-state index in [0.29, 0.717) is 0 Å². The predicted molar refractivity (Wildman–Crippen MR) is 358 cm³/mol. The molecule has 8 heterocycles. The zero-order valence-corrected chi connectivity index (χ0v) is 64.3. The second kappa shape index (κ2) is 43.9. The molecule has 0 aromatic carbocycles. The Morgan fingerprint density at radius 1 is 0.387 bits per heavy atom. The summed E-state index contributed by atoms with van der Waals surface area (Å²) < 4.78 is 152. The minimum absolute atomic E-state index is 0.578. The minimum atomic E-state index is -6.45. The first-order valence-corrected chi connectivity index (χ1v) is 40.7. The summed E-state index contributed by atoms with van der Waals surface area (Å²) in [5, 5.41) is 321. The lowest BCUT2D eigenvalue weighted by atomic mass is 9.91. The number of ether oxygens (including phenoxy) is 15. The van der Waals surface area contributed by atoms with Crippen LogP contribution in [0.3, 0.4) is 0 Å². The molecule has 0 spiro atoms. The Hall–Kier alpha value is -1.96. The zero-order chi connectivity index (χ0) is 88.7. The number of aliphatic carboxylic acids is 1. The highest BCUT2D eigenvalue weighted by Gasteiger charge is 2.64. The van der Waals surface area contributed by atoms with E-state index >= 15 is 0 Å². The molecule has 0 aliphatic carbocycles. The zero-order valence-electron chi connectivity index (χ0n) is 61.6.